The van der Waals surface area contributed by atoms with E-state index in [0.717, 1.165) is 10.4 Å². The third kappa shape index (κ3) is 4.86. The van der Waals surface area contributed by atoms with Crippen LogP contribution < -0.4 is 5.32 Å². The summed E-state index contributed by atoms with van der Waals surface area (Å²) >= 11 is 0. The van der Waals surface area contributed by atoms with Crippen LogP contribution >= 0.6 is 12.4 Å². The predicted molar refractivity (Wildman–Crippen MR) is 69.3 cm³/mol. The van der Waals surface area contributed by atoms with Gasteiger partial charge in [-0.15, -0.1) is 12.4 Å². The molecule has 0 aliphatic carbocycles. The van der Waals surface area contributed by atoms with E-state index >= 15 is 0 Å². The summed E-state index contributed by atoms with van der Waals surface area (Å²) in [7, 11) is 1.81. The van der Waals surface area contributed by atoms with E-state index in [2.05, 4.69) is 15.5 Å². The molecule has 2 heterocycles. The summed E-state index contributed by atoms with van der Waals surface area (Å²) < 4.78 is 39.5. The molecule has 112 valence electrons. The molecule has 2 rings (SSSR count). The fraction of sp³-hybridized carbons (Fsp3) is 0.455. The summed E-state index contributed by atoms with van der Waals surface area (Å²) in [6.45, 7) is -0.259. The minimum atomic E-state index is -4.26. The lowest BCUT2D eigenvalue weighted by Gasteiger charge is -2.10. The highest BCUT2D eigenvalue weighted by Crippen LogP contribution is 2.17. The number of nitrogens with zero attached hydrogens (tertiary/aromatic N) is 4. The van der Waals surface area contributed by atoms with Gasteiger partial charge in [-0.3, -0.25) is 9.36 Å². The van der Waals surface area contributed by atoms with Crippen molar-refractivity contribution < 1.29 is 13.2 Å². The van der Waals surface area contributed by atoms with Gasteiger partial charge >= 0.3 is 6.18 Å². The van der Waals surface area contributed by atoms with Crippen molar-refractivity contribution in [2.45, 2.75) is 25.8 Å². The Hall–Kier alpha value is -1.54. The van der Waals surface area contributed by atoms with Crippen LogP contribution in [-0.2, 0) is 26.7 Å². The minimum absolute atomic E-state index is 0. The van der Waals surface area contributed by atoms with Gasteiger partial charge in [0.1, 0.15) is 6.54 Å². The maximum Gasteiger partial charge on any atom is 0.408 e. The molecule has 0 atom stereocenters. The Morgan fingerprint density at radius 3 is 2.60 bits per heavy atom. The van der Waals surface area contributed by atoms with Crippen LogP contribution in [0.4, 0.5) is 13.2 Å². The Morgan fingerprint density at radius 2 is 2.00 bits per heavy atom. The summed E-state index contributed by atoms with van der Waals surface area (Å²) in [5.74, 6) is 0. The summed E-state index contributed by atoms with van der Waals surface area (Å²) in [6.07, 6.45) is -1.09. The lowest BCUT2D eigenvalue weighted by Crippen LogP contribution is -2.23. The second-order valence-electron chi connectivity index (χ2n) is 4.18. The van der Waals surface area contributed by atoms with E-state index in [1.807, 2.05) is 19.3 Å². The Labute approximate surface area is 120 Å². The average molecular weight is 310 g/mol. The van der Waals surface area contributed by atoms with Gasteiger partial charge in [0, 0.05) is 32.5 Å². The molecule has 0 aromatic carbocycles. The second kappa shape index (κ2) is 6.76. The Bertz CT molecular complexity index is 534. The zero-order chi connectivity index (χ0) is 13.9. The Morgan fingerprint density at radius 1 is 1.25 bits per heavy atom. The van der Waals surface area contributed by atoms with Gasteiger partial charge in [0.15, 0.2) is 0 Å². The Kier molecular flexibility index (Phi) is 5.58. The first-order valence-corrected chi connectivity index (χ1v) is 5.71. The van der Waals surface area contributed by atoms with Crippen molar-refractivity contribution in [3.8, 4) is 0 Å². The quantitative estimate of drug-likeness (QED) is 0.917. The van der Waals surface area contributed by atoms with Crippen LogP contribution in [0.5, 0.6) is 0 Å². The van der Waals surface area contributed by atoms with Crippen LogP contribution in [0.1, 0.15) is 11.4 Å². The standard InChI is InChI=1S/C11H14F3N5.ClH/c1-18-5-3-9(17-18)6-15-7-10-2-4-16-19(10)8-11(12,13)14;/h2-5,15H,6-8H2,1H3;1H. The Balaban J connectivity index is 0.00000200. The lowest BCUT2D eigenvalue weighted by atomic mass is 10.4. The molecule has 1 N–H and O–H groups in total. The molecule has 2 aromatic heterocycles. The van der Waals surface area contributed by atoms with Gasteiger partial charge in [0.05, 0.1) is 11.4 Å². The van der Waals surface area contributed by atoms with E-state index in [1.165, 1.54) is 6.20 Å². The van der Waals surface area contributed by atoms with Gasteiger partial charge in [-0.25, -0.2) is 0 Å². The first-order chi connectivity index (χ1) is 8.94. The molecule has 0 saturated heterocycles. The largest absolute Gasteiger partial charge is 0.408 e. The molecule has 9 heteroatoms. The van der Waals surface area contributed by atoms with Gasteiger partial charge in [0.2, 0.25) is 0 Å². The van der Waals surface area contributed by atoms with E-state index in [0.29, 0.717) is 18.8 Å². The fourth-order valence-corrected chi connectivity index (χ4v) is 1.70. The van der Waals surface area contributed by atoms with E-state index in [4.69, 9.17) is 0 Å². The van der Waals surface area contributed by atoms with E-state index in [-0.39, 0.29) is 12.4 Å². The van der Waals surface area contributed by atoms with Crippen LogP contribution in [-0.4, -0.2) is 25.7 Å². The van der Waals surface area contributed by atoms with Crippen LogP contribution in [0.25, 0.3) is 0 Å². The average Bonchev–Trinajstić information content (AvgIpc) is 2.87. The maximum atomic E-state index is 12.3. The van der Waals surface area contributed by atoms with Gasteiger partial charge < -0.3 is 5.32 Å². The molecule has 0 aliphatic rings. The molecule has 20 heavy (non-hydrogen) atoms. The highest BCUT2D eigenvalue weighted by Gasteiger charge is 2.29. The normalized spacial score (nSPS) is 11.4. The molecule has 0 radical (unpaired) electrons. The number of hydrogen-bond donors (Lipinski definition) is 1. The number of halogens is 4. The molecule has 2 aromatic rings. The summed E-state index contributed by atoms with van der Waals surface area (Å²) in [4.78, 5) is 0. The molecule has 0 fully saturated rings. The third-order valence-electron chi connectivity index (χ3n) is 2.51. The molecule has 0 saturated carbocycles. The summed E-state index contributed by atoms with van der Waals surface area (Å²) in [5.41, 5.74) is 1.33. The first kappa shape index (κ1) is 16.5. The third-order valence-corrected chi connectivity index (χ3v) is 2.51. The van der Waals surface area contributed by atoms with Crippen molar-refractivity contribution in [3.63, 3.8) is 0 Å². The molecule has 0 bridgehead atoms. The molecule has 0 aliphatic heterocycles. The second-order valence-corrected chi connectivity index (χ2v) is 4.18. The molecular formula is C11H15ClF3N5. The summed E-state index contributed by atoms with van der Waals surface area (Å²) in [6, 6.07) is 3.41. The highest BCUT2D eigenvalue weighted by molar-refractivity contribution is 5.85. The van der Waals surface area contributed by atoms with E-state index < -0.39 is 12.7 Å². The zero-order valence-electron chi connectivity index (χ0n) is 10.8. The SMILES string of the molecule is Cl.Cn1ccc(CNCc2ccnn2CC(F)(F)F)n1. The number of aromatic nitrogens is 4. The van der Waals surface area contributed by atoms with Crippen molar-refractivity contribution >= 4 is 12.4 Å². The predicted octanol–water partition coefficient (Wildman–Crippen LogP) is 1.89. The monoisotopic (exact) mass is 309 g/mol. The smallest absolute Gasteiger partial charge is 0.305 e. The first-order valence-electron chi connectivity index (χ1n) is 5.71. The van der Waals surface area contributed by atoms with E-state index in [9.17, 15) is 13.2 Å². The number of nitrogens with one attached hydrogen (secondary N) is 1. The molecule has 0 spiro atoms. The van der Waals surface area contributed by atoms with Crippen molar-refractivity contribution in [2.75, 3.05) is 0 Å². The molecular weight excluding hydrogens is 295 g/mol. The number of hydrogen-bond acceptors (Lipinski definition) is 3. The molecule has 0 amide bonds. The van der Waals surface area contributed by atoms with Gasteiger partial charge in [-0.05, 0) is 12.1 Å². The highest BCUT2D eigenvalue weighted by atomic mass is 35.5. The number of aryl methyl sites for hydroxylation is 1. The lowest BCUT2D eigenvalue weighted by molar-refractivity contribution is -0.143. The topological polar surface area (TPSA) is 47.7 Å². The van der Waals surface area contributed by atoms with Crippen molar-refractivity contribution in [1.82, 2.24) is 24.9 Å². The maximum absolute atomic E-state index is 12.3. The number of rotatable bonds is 5. The van der Waals surface area contributed by atoms with Gasteiger partial charge in [-0.1, -0.05) is 0 Å². The van der Waals surface area contributed by atoms with Crippen LogP contribution in [0, 0.1) is 0 Å². The number of alkyl halides is 3. The molecule has 0 unspecified atom stereocenters. The van der Waals surface area contributed by atoms with Crippen LogP contribution in [0.15, 0.2) is 24.5 Å². The zero-order valence-corrected chi connectivity index (χ0v) is 11.6. The van der Waals surface area contributed by atoms with Crippen molar-refractivity contribution in [1.29, 1.82) is 0 Å². The van der Waals surface area contributed by atoms with Gasteiger partial charge in [-0.2, -0.15) is 23.4 Å². The fourth-order valence-electron chi connectivity index (χ4n) is 1.70. The molecule has 5 nitrogen and oxygen atoms in total. The van der Waals surface area contributed by atoms with Crippen molar-refractivity contribution in [2.24, 2.45) is 7.05 Å². The minimum Gasteiger partial charge on any atom is -0.305 e. The van der Waals surface area contributed by atoms with Crippen molar-refractivity contribution in [3.05, 3.63) is 35.9 Å². The van der Waals surface area contributed by atoms with E-state index in [1.54, 1.807) is 10.7 Å². The van der Waals surface area contributed by atoms with Crippen LogP contribution in [0.2, 0.25) is 0 Å². The van der Waals surface area contributed by atoms with Gasteiger partial charge in [0.25, 0.3) is 0 Å². The summed E-state index contributed by atoms with van der Waals surface area (Å²) in [5, 5.41) is 10.9. The van der Waals surface area contributed by atoms with Crippen LogP contribution in [0.3, 0.4) is 0 Å².